The third-order valence-electron chi connectivity index (χ3n) is 9.97. The Hall–Kier alpha value is -0.770. The lowest BCUT2D eigenvalue weighted by Crippen LogP contribution is -2.50. The van der Waals surface area contributed by atoms with Crippen LogP contribution in [0.1, 0.15) is 107 Å². The first-order chi connectivity index (χ1) is 18.0. The van der Waals surface area contributed by atoms with Gasteiger partial charge in [0, 0.05) is 27.0 Å². The molecule has 5 heteroatoms. The van der Waals surface area contributed by atoms with Gasteiger partial charge in [0.05, 0.1) is 0 Å². The van der Waals surface area contributed by atoms with Crippen molar-refractivity contribution in [3.8, 4) is 0 Å². The highest BCUT2D eigenvalue weighted by molar-refractivity contribution is 6.30. The van der Waals surface area contributed by atoms with E-state index in [0.717, 1.165) is 21.9 Å². The second-order valence-electron chi connectivity index (χ2n) is 12.5. The summed E-state index contributed by atoms with van der Waals surface area (Å²) in [7, 11) is 0. The minimum absolute atomic E-state index is 0. The smallest absolute Gasteiger partial charge is 0.0434 e. The molecule has 0 radical (unpaired) electrons. The summed E-state index contributed by atoms with van der Waals surface area (Å²) in [6, 6.07) is 17.2. The van der Waals surface area contributed by atoms with Crippen LogP contribution >= 0.6 is 35.6 Å². The molecule has 210 valence electrons. The molecule has 0 amide bonds. The van der Waals surface area contributed by atoms with Crippen LogP contribution < -0.4 is 11.1 Å². The Morgan fingerprint density at radius 1 is 0.684 bits per heavy atom. The van der Waals surface area contributed by atoms with Crippen molar-refractivity contribution in [1.82, 2.24) is 5.32 Å². The van der Waals surface area contributed by atoms with Crippen LogP contribution in [-0.2, 0) is 11.0 Å². The van der Waals surface area contributed by atoms with E-state index in [2.05, 4.69) is 29.6 Å². The molecule has 0 aromatic heterocycles. The lowest BCUT2D eigenvalue weighted by molar-refractivity contribution is 0.172. The molecule has 2 aromatic carbocycles. The molecule has 0 bridgehead atoms. The van der Waals surface area contributed by atoms with E-state index in [0.29, 0.717) is 6.04 Å². The second kappa shape index (κ2) is 13.7. The zero-order valence-electron chi connectivity index (χ0n) is 22.9. The van der Waals surface area contributed by atoms with E-state index >= 15 is 0 Å². The minimum Gasteiger partial charge on any atom is -0.327 e. The normalized spacial score (nSPS) is 22.9. The average molecular weight is 578 g/mol. The fourth-order valence-corrected chi connectivity index (χ4v) is 7.18. The van der Waals surface area contributed by atoms with Gasteiger partial charge in [0.2, 0.25) is 0 Å². The molecule has 3 N–H and O–H groups in total. The van der Waals surface area contributed by atoms with Crippen LogP contribution in [0.4, 0.5) is 0 Å². The van der Waals surface area contributed by atoms with E-state index < -0.39 is 0 Å². The number of nitrogens with one attached hydrogen (secondary N) is 1. The molecule has 1 unspecified atom stereocenters. The summed E-state index contributed by atoms with van der Waals surface area (Å²) in [5.74, 6) is 1.80. The van der Waals surface area contributed by atoms with Crippen LogP contribution in [0.15, 0.2) is 48.5 Å². The summed E-state index contributed by atoms with van der Waals surface area (Å²) >= 11 is 12.0. The maximum absolute atomic E-state index is 6.49. The van der Waals surface area contributed by atoms with E-state index in [1.54, 1.807) is 0 Å². The first-order valence-electron chi connectivity index (χ1n) is 15.0. The van der Waals surface area contributed by atoms with Gasteiger partial charge in [-0.1, -0.05) is 92.4 Å². The maximum atomic E-state index is 6.49. The van der Waals surface area contributed by atoms with Crippen LogP contribution in [0, 0.1) is 11.8 Å². The molecule has 2 aromatic rings. The minimum atomic E-state index is 0. The number of hydrogen-bond acceptors (Lipinski definition) is 2. The van der Waals surface area contributed by atoms with Gasteiger partial charge in [-0.05, 0) is 105 Å². The lowest BCUT2D eigenvalue weighted by atomic mass is 9.59. The van der Waals surface area contributed by atoms with Gasteiger partial charge in [0.25, 0.3) is 0 Å². The molecule has 38 heavy (non-hydrogen) atoms. The third kappa shape index (κ3) is 7.29. The standard InChI is InChI=1S/C18H26ClN.C15H20ClN.ClH/c19-17-10-8-16(9-11-17)18(12-5-13-18)20-14-15-6-3-1-2-4-7-15;16-13-6-4-12(5-7-13)15(8-1-9-15)14(17)10-11-2-3-11;/h8-11,15,20H,1-7,12-14H2;4-7,11,14H,1-3,8-10,17H2;1H. The lowest BCUT2D eigenvalue weighted by Gasteiger charge is -2.47. The molecule has 4 fully saturated rings. The number of halogens is 3. The molecular formula is C33H47Cl3N2. The van der Waals surface area contributed by atoms with E-state index in [1.807, 2.05) is 24.3 Å². The van der Waals surface area contributed by atoms with Crippen LogP contribution in [0.25, 0.3) is 0 Å². The zero-order chi connectivity index (χ0) is 25.7. The third-order valence-corrected chi connectivity index (χ3v) is 10.5. The summed E-state index contributed by atoms with van der Waals surface area (Å²) in [5.41, 5.74) is 9.83. The van der Waals surface area contributed by atoms with E-state index in [-0.39, 0.29) is 23.4 Å². The fourth-order valence-electron chi connectivity index (χ4n) is 6.93. The molecule has 0 saturated heterocycles. The number of benzene rings is 2. The summed E-state index contributed by atoms with van der Waals surface area (Å²) in [6.45, 7) is 1.20. The van der Waals surface area contributed by atoms with Gasteiger partial charge in [-0.3, -0.25) is 0 Å². The van der Waals surface area contributed by atoms with Crippen LogP contribution in [0.2, 0.25) is 10.0 Å². The Morgan fingerprint density at radius 2 is 1.21 bits per heavy atom. The fraction of sp³-hybridized carbons (Fsp3) is 0.636. The van der Waals surface area contributed by atoms with Crippen molar-refractivity contribution in [2.75, 3.05) is 6.54 Å². The molecule has 4 aliphatic carbocycles. The van der Waals surface area contributed by atoms with Gasteiger partial charge in [0.1, 0.15) is 0 Å². The summed E-state index contributed by atoms with van der Waals surface area (Å²) in [6.07, 6.45) is 20.3. The predicted octanol–water partition coefficient (Wildman–Crippen LogP) is 9.59. The number of hydrogen-bond donors (Lipinski definition) is 2. The largest absolute Gasteiger partial charge is 0.327 e. The first kappa shape index (κ1) is 30.2. The Balaban J connectivity index is 0.000000174. The van der Waals surface area contributed by atoms with Crippen molar-refractivity contribution in [2.45, 2.75) is 113 Å². The highest BCUT2D eigenvalue weighted by Crippen LogP contribution is 2.49. The Labute approximate surface area is 247 Å². The van der Waals surface area contributed by atoms with Crippen LogP contribution in [0.5, 0.6) is 0 Å². The monoisotopic (exact) mass is 576 g/mol. The molecule has 0 aliphatic heterocycles. The van der Waals surface area contributed by atoms with Gasteiger partial charge < -0.3 is 11.1 Å². The summed E-state index contributed by atoms with van der Waals surface area (Å²) in [4.78, 5) is 0. The van der Waals surface area contributed by atoms with Crippen molar-refractivity contribution in [3.63, 3.8) is 0 Å². The van der Waals surface area contributed by atoms with Crippen molar-refractivity contribution < 1.29 is 0 Å². The Kier molecular flexibility index (Phi) is 10.9. The number of nitrogens with two attached hydrogens (primary N) is 1. The van der Waals surface area contributed by atoms with Crippen molar-refractivity contribution in [1.29, 1.82) is 0 Å². The quantitative estimate of drug-likeness (QED) is 0.307. The zero-order valence-corrected chi connectivity index (χ0v) is 25.2. The highest BCUT2D eigenvalue weighted by Gasteiger charge is 2.45. The van der Waals surface area contributed by atoms with Crippen LogP contribution in [-0.4, -0.2) is 12.6 Å². The van der Waals surface area contributed by atoms with Crippen molar-refractivity contribution in [2.24, 2.45) is 17.6 Å². The van der Waals surface area contributed by atoms with Gasteiger partial charge in [-0.25, -0.2) is 0 Å². The van der Waals surface area contributed by atoms with E-state index in [1.165, 1.54) is 114 Å². The molecular weight excluding hydrogens is 531 g/mol. The van der Waals surface area contributed by atoms with Gasteiger partial charge in [-0.15, -0.1) is 12.4 Å². The number of rotatable bonds is 8. The molecule has 2 nitrogen and oxygen atoms in total. The summed E-state index contributed by atoms with van der Waals surface area (Å²) < 4.78 is 0. The Morgan fingerprint density at radius 3 is 1.66 bits per heavy atom. The molecule has 1 atom stereocenters. The van der Waals surface area contributed by atoms with E-state index in [4.69, 9.17) is 28.9 Å². The first-order valence-corrected chi connectivity index (χ1v) is 15.8. The Bertz CT molecular complexity index is 970. The highest BCUT2D eigenvalue weighted by atomic mass is 35.5. The van der Waals surface area contributed by atoms with Crippen molar-refractivity contribution in [3.05, 3.63) is 69.7 Å². The topological polar surface area (TPSA) is 38.0 Å². The SMILES string of the molecule is Cl.Clc1ccc(C2(NCC3CCCCCC3)CCC2)cc1.NC(CC1CC1)C1(c2ccc(Cl)cc2)CCC1. The average Bonchev–Trinajstić information content (AvgIpc) is 3.68. The summed E-state index contributed by atoms with van der Waals surface area (Å²) in [5, 5.41) is 5.58. The molecule has 6 rings (SSSR count). The predicted molar refractivity (Wildman–Crippen MR) is 166 cm³/mol. The second-order valence-corrected chi connectivity index (χ2v) is 13.4. The van der Waals surface area contributed by atoms with Gasteiger partial charge in [0.15, 0.2) is 0 Å². The molecule has 4 aliphatic rings. The van der Waals surface area contributed by atoms with Crippen LogP contribution in [0.3, 0.4) is 0 Å². The molecule has 0 heterocycles. The van der Waals surface area contributed by atoms with Gasteiger partial charge in [-0.2, -0.15) is 0 Å². The van der Waals surface area contributed by atoms with E-state index in [9.17, 15) is 0 Å². The molecule has 0 spiro atoms. The van der Waals surface area contributed by atoms with Crippen molar-refractivity contribution >= 4 is 35.6 Å². The molecule has 4 saturated carbocycles. The maximum Gasteiger partial charge on any atom is 0.0434 e. The van der Waals surface area contributed by atoms with Gasteiger partial charge >= 0.3 is 0 Å².